The molecule has 1 saturated carbocycles. The predicted octanol–water partition coefficient (Wildman–Crippen LogP) is 4.17. The van der Waals surface area contributed by atoms with Crippen LogP contribution in [-0.2, 0) is 0 Å². The third kappa shape index (κ3) is 2.12. The van der Waals surface area contributed by atoms with E-state index in [0.29, 0.717) is 5.41 Å². The van der Waals surface area contributed by atoms with Gasteiger partial charge in [0.2, 0.25) is 0 Å². The first-order chi connectivity index (χ1) is 5.69. The fourth-order valence-electron chi connectivity index (χ4n) is 2.09. The van der Waals surface area contributed by atoms with Gasteiger partial charge >= 0.3 is 0 Å². The van der Waals surface area contributed by atoms with Gasteiger partial charge in [-0.05, 0) is 50.4 Å². The predicted molar refractivity (Wildman–Crippen MR) is 55.2 cm³/mol. The van der Waals surface area contributed by atoms with Crippen molar-refractivity contribution in [3.8, 4) is 0 Å². The van der Waals surface area contributed by atoms with Crippen LogP contribution >= 0.6 is 0 Å². The van der Waals surface area contributed by atoms with Crippen LogP contribution in [0.1, 0.15) is 52.9 Å². The van der Waals surface area contributed by atoms with Crippen molar-refractivity contribution in [1.82, 2.24) is 0 Å². The second-order valence-electron chi connectivity index (χ2n) is 4.56. The van der Waals surface area contributed by atoms with Gasteiger partial charge in [0.15, 0.2) is 0 Å². The molecule has 2 atom stereocenters. The van der Waals surface area contributed by atoms with Crippen molar-refractivity contribution in [3.63, 3.8) is 0 Å². The number of rotatable bonds is 4. The fraction of sp³-hybridized carbons (Fsp3) is 0.833. The molecule has 0 amide bonds. The Morgan fingerprint density at radius 1 is 1.50 bits per heavy atom. The zero-order valence-electron chi connectivity index (χ0n) is 8.77. The topological polar surface area (TPSA) is 0 Å². The Hall–Kier alpha value is -0.260. The van der Waals surface area contributed by atoms with Crippen LogP contribution in [0.25, 0.3) is 0 Å². The normalized spacial score (nSPS) is 35.4. The summed E-state index contributed by atoms with van der Waals surface area (Å²) in [6.45, 7) is 6.96. The van der Waals surface area contributed by atoms with Gasteiger partial charge in [-0.1, -0.05) is 26.0 Å². The zero-order chi connectivity index (χ0) is 9.03. The van der Waals surface area contributed by atoms with Gasteiger partial charge in [0.25, 0.3) is 0 Å². The van der Waals surface area contributed by atoms with Crippen LogP contribution in [0.2, 0.25) is 0 Å². The average Bonchev–Trinajstić information content (AvgIpc) is 2.09. The molecule has 70 valence electrons. The van der Waals surface area contributed by atoms with E-state index in [1.165, 1.54) is 32.1 Å². The molecule has 0 heterocycles. The van der Waals surface area contributed by atoms with Gasteiger partial charge in [-0.25, -0.2) is 0 Å². The lowest BCUT2D eigenvalue weighted by Gasteiger charge is -2.45. The summed E-state index contributed by atoms with van der Waals surface area (Å²) in [5.74, 6) is 0.975. The van der Waals surface area contributed by atoms with E-state index in [1.807, 2.05) is 0 Å². The molecule has 0 aromatic heterocycles. The van der Waals surface area contributed by atoms with Crippen molar-refractivity contribution in [3.05, 3.63) is 12.2 Å². The highest BCUT2D eigenvalue weighted by Crippen LogP contribution is 2.49. The number of hydrogen-bond acceptors (Lipinski definition) is 0. The van der Waals surface area contributed by atoms with Crippen molar-refractivity contribution < 1.29 is 0 Å². The molecule has 0 saturated heterocycles. The van der Waals surface area contributed by atoms with E-state index in [0.717, 1.165) is 5.92 Å². The summed E-state index contributed by atoms with van der Waals surface area (Å²) in [4.78, 5) is 0. The third-order valence-electron chi connectivity index (χ3n) is 3.69. The molecule has 1 rings (SSSR count). The lowest BCUT2D eigenvalue weighted by atomic mass is 9.60. The van der Waals surface area contributed by atoms with E-state index in [1.54, 1.807) is 0 Å². The van der Waals surface area contributed by atoms with E-state index >= 15 is 0 Å². The molecule has 0 radical (unpaired) electrons. The molecule has 0 spiro atoms. The molecule has 0 aliphatic heterocycles. The molecule has 0 nitrogen and oxygen atoms in total. The summed E-state index contributed by atoms with van der Waals surface area (Å²) in [5, 5.41) is 0. The van der Waals surface area contributed by atoms with Gasteiger partial charge in [0, 0.05) is 0 Å². The molecule has 12 heavy (non-hydrogen) atoms. The average molecular weight is 166 g/mol. The van der Waals surface area contributed by atoms with Gasteiger partial charge in [0.1, 0.15) is 0 Å². The zero-order valence-corrected chi connectivity index (χ0v) is 8.77. The van der Waals surface area contributed by atoms with Crippen LogP contribution < -0.4 is 0 Å². The van der Waals surface area contributed by atoms with Crippen LogP contribution in [0.5, 0.6) is 0 Å². The second kappa shape index (κ2) is 4.11. The van der Waals surface area contributed by atoms with E-state index in [2.05, 4.69) is 32.9 Å². The van der Waals surface area contributed by atoms with E-state index in [9.17, 15) is 0 Å². The molecule has 0 N–H and O–H groups in total. The Bertz CT molecular complexity index is 157. The van der Waals surface area contributed by atoms with Crippen molar-refractivity contribution in [2.24, 2.45) is 11.3 Å². The summed E-state index contributed by atoms with van der Waals surface area (Å²) >= 11 is 0. The van der Waals surface area contributed by atoms with Crippen molar-refractivity contribution in [1.29, 1.82) is 0 Å². The van der Waals surface area contributed by atoms with E-state index in [4.69, 9.17) is 0 Å². The van der Waals surface area contributed by atoms with Crippen molar-refractivity contribution >= 4 is 0 Å². The minimum atomic E-state index is 0.696. The number of hydrogen-bond donors (Lipinski definition) is 0. The quantitative estimate of drug-likeness (QED) is 0.434. The molecule has 1 aliphatic carbocycles. The van der Waals surface area contributed by atoms with Gasteiger partial charge in [-0.15, -0.1) is 0 Å². The summed E-state index contributed by atoms with van der Waals surface area (Å²) in [7, 11) is 0. The molecule has 1 aliphatic rings. The molecule has 0 aromatic rings. The fourth-order valence-corrected chi connectivity index (χ4v) is 2.09. The standard InChI is InChI=1S/C12H22/c1-4-5-6-7-9-12(3)10-8-11(12)2/h4-5,11H,6-10H2,1-3H3. The number of unbranched alkanes of at least 4 members (excludes halogenated alkanes) is 1. The molecule has 0 heteroatoms. The summed E-state index contributed by atoms with van der Waals surface area (Å²) in [6, 6.07) is 0. The molecule has 1 fully saturated rings. The lowest BCUT2D eigenvalue weighted by molar-refractivity contribution is 0.0534. The highest BCUT2D eigenvalue weighted by atomic mass is 14.4. The van der Waals surface area contributed by atoms with Crippen molar-refractivity contribution in [2.45, 2.75) is 52.9 Å². The Morgan fingerprint density at radius 2 is 2.25 bits per heavy atom. The molecule has 0 bridgehead atoms. The Balaban J connectivity index is 2.14. The van der Waals surface area contributed by atoms with Gasteiger partial charge in [-0.2, -0.15) is 0 Å². The van der Waals surface area contributed by atoms with Gasteiger partial charge < -0.3 is 0 Å². The van der Waals surface area contributed by atoms with Crippen molar-refractivity contribution in [2.75, 3.05) is 0 Å². The summed E-state index contributed by atoms with van der Waals surface area (Å²) in [6.07, 6.45) is 11.5. The maximum atomic E-state index is 2.46. The number of allylic oxidation sites excluding steroid dienone is 2. The van der Waals surface area contributed by atoms with Crippen LogP contribution in [0.15, 0.2) is 12.2 Å². The van der Waals surface area contributed by atoms with Gasteiger partial charge in [-0.3, -0.25) is 0 Å². The van der Waals surface area contributed by atoms with Crippen LogP contribution in [0, 0.1) is 11.3 Å². The van der Waals surface area contributed by atoms with Crippen LogP contribution in [0.3, 0.4) is 0 Å². The minimum Gasteiger partial charge on any atom is -0.0917 e. The Morgan fingerprint density at radius 3 is 2.67 bits per heavy atom. The SMILES string of the molecule is CC=CCCCC1(C)CCC1C. The minimum absolute atomic E-state index is 0.696. The van der Waals surface area contributed by atoms with Gasteiger partial charge in [0.05, 0.1) is 0 Å². The molecule has 0 aromatic carbocycles. The molecule has 2 unspecified atom stereocenters. The van der Waals surface area contributed by atoms with Crippen LogP contribution in [-0.4, -0.2) is 0 Å². The third-order valence-corrected chi connectivity index (χ3v) is 3.69. The van der Waals surface area contributed by atoms with E-state index < -0.39 is 0 Å². The first kappa shape index (κ1) is 9.83. The van der Waals surface area contributed by atoms with Crippen LogP contribution in [0.4, 0.5) is 0 Å². The largest absolute Gasteiger partial charge is 0.0917 e. The maximum Gasteiger partial charge on any atom is -0.0300 e. The Labute approximate surface area is 77.1 Å². The first-order valence-corrected chi connectivity index (χ1v) is 5.30. The summed E-state index contributed by atoms with van der Waals surface area (Å²) < 4.78 is 0. The lowest BCUT2D eigenvalue weighted by Crippen LogP contribution is -2.35. The second-order valence-corrected chi connectivity index (χ2v) is 4.56. The Kier molecular flexibility index (Phi) is 3.37. The van der Waals surface area contributed by atoms with E-state index in [-0.39, 0.29) is 0 Å². The monoisotopic (exact) mass is 166 g/mol. The summed E-state index contributed by atoms with van der Waals surface area (Å²) in [5.41, 5.74) is 0.696. The first-order valence-electron chi connectivity index (χ1n) is 5.30. The molecular formula is C12H22. The smallest absolute Gasteiger partial charge is 0.0300 e. The highest BCUT2D eigenvalue weighted by molar-refractivity contribution is 4.90. The molecular weight excluding hydrogens is 144 g/mol. The maximum absolute atomic E-state index is 2.46. The highest BCUT2D eigenvalue weighted by Gasteiger charge is 2.38.